The molecule has 0 aliphatic heterocycles. The molecule has 26 heavy (non-hydrogen) atoms. The van der Waals surface area contributed by atoms with Gasteiger partial charge in [-0.2, -0.15) is 0 Å². The molecule has 3 N–H and O–H groups in total. The predicted molar refractivity (Wildman–Crippen MR) is 102 cm³/mol. The number of aromatic nitrogens is 1. The highest BCUT2D eigenvalue weighted by Crippen LogP contribution is 2.29. The fourth-order valence-electron chi connectivity index (χ4n) is 3.30. The molecule has 0 unspecified atom stereocenters. The number of aryl methyl sites for hydroxylation is 2. The number of nitrogens with one attached hydrogen (secondary N) is 3. The van der Waals surface area contributed by atoms with Gasteiger partial charge in [0.15, 0.2) is 0 Å². The van der Waals surface area contributed by atoms with Crippen LogP contribution in [-0.4, -0.2) is 35.7 Å². The molecule has 0 saturated carbocycles. The average molecular weight is 357 g/mol. The summed E-state index contributed by atoms with van der Waals surface area (Å²) < 4.78 is 5.16. The zero-order chi connectivity index (χ0) is 18.7. The topological polar surface area (TPSA) is 83.2 Å². The number of hydrogen-bond acceptors (Lipinski definition) is 3. The molecule has 0 fully saturated rings. The summed E-state index contributed by atoms with van der Waals surface area (Å²) >= 11 is 0. The summed E-state index contributed by atoms with van der Waals surface area (Å²) in [6.07, 6.45) is 4.10. The van der Waals surface area contributed by atoms with E-state index in [4.69, 9.17) is 4.74 Å². The number of carbonyl (C=O) groups is 2. The molecule has 1 aromatic carbocycles. The summed E-state index contributed by atoms with van der Waals surface area (Å²) in [6, 6.07) is 5.77. The smallest absolute Gasteiger partial charge is 0.407 e. The van der Waals surface area contributed by atoms with Crippen LogP contribution in [0.4, 0.5) is 4.79 Å². The molecule has 0 spiro atoms. The first kappa shape index (κ1) is 18.3. The molecular weight excluding hydrogens is 330 g/mol. The minimum Gasteiger partial charge on any atom is -0.444 e. The Hall–Kier alpha value is -2.50. The van der Waals surface area contributed by atoms with Crippen LogP contribution in [0.1, 0.15) is 55.2 Å². The minimum absolute atomic E-state index is 0.136. The van der Waals surface area contributed by atoms with Gasteiger partial charge in [-0.3, -0.25) is 4.79 Å². The molecule has 0 radical (unpaired) electrons. The van der Waals surface area contributed by atoms with Crippen LogP contribution in [0, 0.1) is 0 Å². The molecule has 6 nitrogen and oxygen atoms in total. The van der Waals surface area contributed by atoms with Crippen LogP contribution in [0.2, 0.25) is 0 Å². The van der Waals surface area contributed by atoms with Crippen molar-refractivity contribution < 1.29 is 14.3 Å². The van der Waals surface area contributed by atoms with Gasteiger partial charge in [0.2, 0.25) is 0 Å². The third-order valence-corrected chi connectivity index (χ3v) is 4.44. The predicted octanol–water partition coefficient (Wildman–Crippen LogP) is 3.30. The van der Waals surface area contributed by atoms with Crippen LogP contribution < -0.4 is 10.6 Å². The SMILES string of the molecule is CC(C)(C)OC(=O)NCCNC(=O)c1ccc2[nH]c3c(c2c1)CCCC3. The second-order valence-corrected chi connectivity index (χ2v) is 7.73. The highest BCUT2D eigenvalue weighted by molar-refractivity contribution is 5.99. The molecule has 1 aliphatic carbocycles. The number of benzene rings is 1. The first-order valence-electron chi connectivity index (χ1n) is 9.22. The van der Waals surface area contributed by atoms with Crippen LogP contribution in [0.25, 0.3) is 10.9 Å². The van der Waals surface area contributed by atoms with Crippen LogP contribution >= 0.6 is 0 Å². The number of amides is 2. The Bertz CT molecular complexity index is 818. The normalized spacial score (nSPS) is 14.0. The maximum atomic E-state index is 12.4. The van der Waals surface area contributed by atoms with E-state index in [1.54, 1.807) is 0 Å². The number of alkyl carbamates (subject to hydrolysis) is 1. The number of fused-ring (bicyclic) bond motifs is 3. The number of carbonyl (C=O) groups excluding carboxylic acids is 2. The Morgan fingerprint density at radius 3 is 2.62 bits per heavy atom. The summed E-state index contributed by atoms with van der Waals surface area (Å²) in [7, 11) is 0. The molecule has 140 valence electrons. The van der Waals surface area contributed by atoms with E-state index in [0.29, 0.717) is 18.7 Å². The van der Waals surface area contributed by atoms with Crippen LogP contribution in [0.5, 0.6) is 0 Å². The highest BCUT2D eigenvalue weighted by Gasteiger charge is 2.17. The van der Waals surface area contributed by atoms with Gasteiger partial charge in [-0.25, -0.2) is 4.79 Å². The molecule has 1 aromatic heterocycles. The lowest BCUT2D eigenvalue weighted by molar-refractivity contribution is 0.0526. The van der Waals surface area contributed by atoms with Crippen molar-refractivity contribution in [3.05, 3.63) is 35.0 Å². The minimum atomic E-state index is -0.529. The van der Waals surface area contributed by atoms with E-state index in [2.05, 4.69) is 15.6 Å². The van der Waals surface area contributed by atoms with Gasteiger partial charge < -0.3 is 20.4 Å². The summed E-state index contributed by atoms with van der Waals surface area (Å²) in [6.45, 7) is 6.10. The molecule has 1 heterocycles. The van der Waals surface area contributed by atoms with E-state index in [1.807, 2.05) is 39.0 Å². The molecule has 2 amide bonds. The Morgan fingerprint density at radius 2 is 1.85 bits per heavy atom. The lowest BCUT2D eigenvalue weighted by Crippen LogP contribution is -2.37. The van der Waals surface area contributed by atoms with Gasteiger partial charge in [-0.15, -0.1) is 0 Å². The summed E-state index contributed by atoms with van der Waals surface area (Å²) in [4.78, 5) is 27.4. The second-order valence-electron chi connectivity index (χ2n) is 7.73. The van der Waals surface area contributed by atoms with Crippen molar-refractivity contribution in [1.29, 1.82) is 0 Å². The van der Waals surface area contributed by atoms with E-state index in [1.165, 1.54) is 24.1 Å². The number of rotatable bonds is 4. The van der Waals surface area contributed by atoms with Crippen molar-refractivity contribution >= 4 is 22.9 Å². The lowest BCUT2D eigenvalue weighted by Gasteiger charge is -2.19. The number of ether oxygens (including phenoxy) is 1. The number of hydrogen-bond donors (Lipinski definition) is 3. The quantitative estimate of drug-likeness (QED) is 0.734. The summed E-state index contributed by atoms with van der Waals surface area (Å²) in [5, 5.41) is 6.62. The first-order valence-corrected chi connectivity index (χ1v) is 9.22. The van der Waals surface area contributed by atoms with Crippen molar-refractivity contribution in [2.45, 2.75) is 52.1 Å². The van der Waals surface area contributed by atoms with Crippen LogP contribution in [0.15, 0.2) is 18.2 Å². The molecule has 0 saturated heterocycles. The van der Waals surface area contributed by atoms with Crippen molar-refractivity contribution in [3.63, 3.8) is 0 Å². The van der Waals surface area contributed by atoms with Gasteiger partial charge in [0.25, 0.3) is 5.91 Å². The fourth-order valence-corrected chi connectivity index (χ4v) is 3.30. The molecule has 1 aliphatic rings. The van der Waals surface area contributed by atoms with Crippen molar-refractivity contribution in [2.75, 3.05) is 13.1 Å². The molecule has 2 aromatic rings. The molecule has 3 rings (SSSR count). The van der Waals surface area contributed by atoms with Gasteiger partial charge in [0.1, 0.15) is 5.60 Å². The Labute approximate surface area is 153 Å². The second kappa shape index (κ2) is 7.40. The van der Waals surface area contributed by atoms with E-state index in [0.717, 1.165) is 23.7 Å². The molecule has 6 heteroatoms. The van der Waals surface area contributed by atoms with Gasteiger partial charge in [-0.05, 0) is 70.2 Å². The molecular formula is C20H27N3O3. The van der Waals surface area contributed by atoms with Crippen molar-refractivity contribution in [2.24, 2.45) is 0 Å². The summed E-state index contributed by atoms with van der Waals surface area (Å²) in [5.74, 6) is -0.136. The zero-order valence-electron chi connectivity index (χ0n) is 15.7. The first-order chi connectivity index (χ1) is 12.3. The van der Waals surface area contributed by atoms with E-state index < -0.39 is 11.7 Å². The Kier molecular flexibility index (Phi) is 5.20. The van der Waals surface area contributed by atoms with Gasteiger partial charge in [-0.1, -0.05) is 0 Å². The highest BCUT2D eigenvalue weighted by atomic mass is 16.6. The van der Waals surface area contributed by atoms with Crippen molar-refractivity contribution in [1.82, 2.24) is 15.6 Å². The van der Waals surface area contributed by atoms with Gasteiger partial charge in [0.05, 0.1) is 0 Å². The monoisotopic (exact) mass is 357 g/mol. The van der Waals surface area contributed by atoms with Crippen LogP contribution in [-0.2, 0) is 17.6 Å². The molecule has 0 atom stereocenters. The van der Waals surface area contributed by atoms with Crippen LogP contribution in [0.3, 0.4) is 0 Å². The lowest BCUT2D eigenvalue weighted by atomic mass is 9.95. The third-order valence-electron chi connectivity index (χ3n) is 4.44. The van der Waals surface area contributed by atoms with Gasteiger partial charge >= 0.3 is 6.09 Å². The fraction of sp³-hybridized carbons (Fsp3) is 0.500. The van der Waals surface area contributed by atoms with E-state index >= 15 is 0 Å². The molecule has 0 bridgehead atoms. The Morgan fingerprint density at radius 1 is 1.12 bits per heavy atom. The van der Waals surface area contributed by atoms with Crippen molar-refractivity contribution in [3.8, 4) is 0 Å². The average Bonchev–Trinajstić information content (AvgIpc) is 2.94. The number of H-pyrrole nitrogens is 1. The van der Waals surface area contributed by atoms with E-state index in [9.17, 15) is 9.59 Å². The number of aromatic amines is 1. The third kappa shape index (κ3) is 4.36. The van der Waals surface area contributed by atoms with E-state index in [-0.39, 0.29) is 5.91 Å². The maximum Gasteiger partial charge on any atom is 0.407 e. The summed E-state index contributed by atoms with van der Waals surface area (Å²) in [5.41, 5.74) is 3.87. The largest absolute Gasteiger partial charge is 0.444 e. The standard InChI is InChI=1S/C20H27N3O3/c1-20(2,3)26-19(25)22-11-10-21-18(24)13-8-9-17-15(12-13)14-6-4-5-7-16(14)23-17/h8-9,12,23H,4-7,10-11H2,1-3H3,(H,21,24)(H,22,25). The van der Waals surface area contributed by atoms with Gasteiger partial charge in [0, 0.05) is 35.2 Å². The Balaban J connectivity index is 1.56. The zero-order valence-corrected chi connectivity index (χ0v) is 15.7. The maximum absolute atomic E-state index is 12.4.